The van der Waals surface area contributed by atoms with Crippen LogP contribution in [0.1, 0.15) is 140 Å². The van der Waals surface area contributed by atoms with Crippen molar-refractivity contribution in [1.29, 1.82) is 0 Å². The fraction of sp³-hybridized carbons (Fsp3) is 0.610. The van der Waals surface area contributed by atoms with E-state index in [4.69, 9.17) is 61.8 Å². The van der Waals surface area contributed by atoms with Gasteiger partial charge >= 0.3 is 18.0 Å². The van der Waals surface area contributed by atoms with Crippen molar-refractivity contribution in [2.45, 2.75) is 170 Å². The summed E-state index contributed by atoms with van der Waals surface area (Å²) in [5.74, 6) is -4.58. The molecule has 4 aliphatic heterocycles. The van der Waals surface area contributed by atoms with E-state index in [-0.39, 0.29) is 141 Å². The van der Waals surface area contributed by atoms with Crippen LogP contribution in [0.4, 0.5) is 10.5 Å². The molecule has 0 spiro atoms. The number of likely N-dealkylation sites (tertiary alicyclic amines) is 1. The number of hydrogen-bond donors (Lipinski definition) is 8. The summed E-state index contributed by atoms with van der Waals surface area (Å²) in [6, 6.07) is 7.62. The van der Waals surface area contributed by atoms with E-state index in [9.17, 15) is 63.0 Å². The lowest BCUT2D eigenvalue weighted by Crippen LogP contribution is -2.55. The number of nitrogens with one attached hydrogen (secondary N) is 6. The van der Waals surface area contributed by atoms with Crippen LogP contribution in [0, 0.1) is 5.92 Å². The molecule has 2 aromatic heterocycles. The van der Waals surface area contributed by atoms with Crippen LogP contribution in [0.2, 0.25) is 0 Å². The van der Waals surface area contributed by atoms with Gasteiger partial charge in [-0.25, -0.2) is 14.6 Å². The summed E-state index contributed by atoms with van der Waals surface area (Å²) >= 11 is 4.00. The van der Waals surface area contributed by atoms with Crippen molar-refractivity contribution in [2.75, 3.05) is 131 Å². The van der Waals surface area contributed by atoms with Gasteiger partial charge in [0, 0.05) is 73.6 Å². The first-order valence-corrected chi connectivity index (χ1v) is 40.3. The van der Waals surface area contributed by atoms with Crippen molar-refractivity contribution in [3.63, 3.8) is 0 Å². The van der Waals surface area contributed by atoms with Crippen molar-refractivity contribution in [3.8, 4) is 22.9 Å². The third kappa shape index (κ3) is 27.2. The lowest BCUT2D eigenvalue weighted by molar-refractivity contribution is -0.172. The Hall–Kier alpha value is -8.18. The van der Waals surface area contributed by atoms with Gasteiger partial charge in [-0.2, -0.15) is 0 Å². The van der Waals surface area contributed by atoms with E-state index in [2.05, 4.69) is 68.3 Å². The number of nitrogens with zero attached hydrogens (tertiary/aromatic N) is 3. The average Bonchev–Trinajstić information content (AvgIpc) is 1.73. The summed E-state index contributed by atoms with van der Waals surface area (Å²) in [5.41, 5.74) is 1.04. The Kier molecular flexibility index (Phi) is 36.6. The number of ether oxygens (including phenoxy) is 12. The number of amides is 8. The summed E-state index contributed by atoms with van der Waals surface area (Å²) < 4.78 is 67.8. The number of aliphatic carboxylic acids is 1. The molecule has 622 valence electrons. The maximum absolute atomic E-state index is 14.0. The molecule has 2 aromatic carbocycles. The number of aliphatic hydroxyl groups is 1. The first-order valence-electron chi connectivity index (χ1n) is 38.3. The van der Waals surface area contributed by atoms with Crippen LogP contribution < -0.4 is 46.9 Å². The summed E-state index contributed by atoms with van der Waals surface area (Å²) in [4.78, 5) is 150. The highest BCUT2D eigenvalue weighted by atomic mass is 127. The number of anilines is 1. The minimum absolute atomic E-state index is 0.0121. The summed E-state index contributed by atoms with van der Waals surface area (Å²) in [7, 11) is 0. The number of alkyl carbamates (subject to hydrolysis) is 1. The molecule has 1 fully saturated rings. The SMILES string of the molecule is CCCCC(I)(CC)SC1CC(=O)N(CCC(=O)NCCOCCOCCOCCOCCOCCOCCOCCOCCC(=O)N[C@H](CC(C)C)C(=O)N[C@@H](C)C(=O)N[C@@H](CCC(=O)O)C(=O)Nc2ccc(COC(=O)NCc3c4c(nc5cc6c(cc35)OCO6)-c3cc5c(c(=O)n3C4)COC(=O)[C@]5(O)CC)cc2)C1=O. The largest absolute Gasteiger partial charge is 0.481 e. The normalized spacial score (nSPS) is 16.7. The van der Waals surface area contributed by atoms with Crippen LogP contribution in [0.15, 0.2) is 47.3 Å². The van der Waals surface area contributed by atoms with E-state index < -0.39 is 82.6 Å². The summed E-state index contributed by atoms with van der Waals surface area (Å²) in [6.45, 7) is 15.9. The van der Waals surface area contributed by atoms with E-state index in [0.717, 1.165) is 25.7 Å². The highest BCUT2D eigenvalue weighted by Crippen LogP contribution is 2.47. The average molecular weight is 1720 g/mol. The number of carbonyl (C=O) groups excluding carboxylic acids is 9. The van der Waals surface area contributed by atoms with E-state index >= 15 is 0 Å². The fourth-order valence-electron chi connectivity index (χ4n) is 12.6. The number of carboxylic acid groups (broad SMARTS) is 1. The summed E-state index contributed by atoms with van der Waals surface area (Å²) in [5, 5.41) is 37.2. The number of aromatic nitrogens is 2. The molecule has 0 aliphatic carbocycles. The molecule has 1 saturated heterocycles. The third-order valence-corrected chi connectivity index (χ3v) is 22.5. The smallest absolute Gasteiger partial charge is 0.407 e. The molecule has 6 heterocycles. The van der Waals surface area contributed by atoms with Crippen molar-refractivity contribution < 1.29 is 115 Å². The van der Waals surface area contributed by atoms with Gasteiger partial charge in [0.05, 0.1) is 143 Å². The number of rotatable bonds is 53. The van der Waals surface area contributed by atoms with Gasteiger partial charge in [0.1, 0.15) is 31.3 Å². The third-order valence-electron chi connectivity index (χ3n) is 18.9. The molecule has 36 heteroatoms. The van der Waals surface area contributed by atoms with Crippen LogP contribution in [0.3, 0.4) is 0 Å². The van der Waals surface area contributed by atoms with Crippen molar-refractivity contribution in [3.05, 3.63) is 80.6 Å². The molecule has 8 rings (SSSR count). The predicted molar refractivity (Wildman–Crippen MR) is 419 cm³/mol. The monoisotopic (exact) mass is 1720 g/mol. The quantitative estimate of drug-likeness (QED) is 0.00817. The number of cyclic esters (lactones) is 1. The second kappa shape index (κ2) is 45.8. The van der Waals surface area contributed by atoms with Gasteiger partial charge in [0.2, 0.25) is 48.1 Å². The Bertz CT molecular complexity index is 3980. The van der Waals surface area contributed by atoms with Gasteiger partial charge in [-0.3, -0.25) is 48.1 Å². The van der Waals surface area contributed by atoms with Crippen LogP contribution in [0.25, 0.3) is 22.3 Å². The Morgan fingerprint density at radius 3 is 1.90 bits per heavy atom. The van der Waals surface area contributed by atoms with Gasteiger partial charge < -0.3 is 104 Å². The van der Waals surface area contributed by atoms with Gasteiger partial charge in [-0.1, -0.05) is 82.2 Å². The minimum Gasteiger partial charge on any atom is -0.481 e. The second-order valence-electron chi connectivity index (χ2n) is 27.6. The number of unbranched alkanes of at least 4 members (excludes halogenated alkanes) is 1. The van der Waals surface area contributed by atoms with Crippen LogP contribution in [-0.2, 0) is 122 Å². The zero-order valence-corrected chi connectivity index (χ0v) is 67.9. The summed E-state index contributed by atoms with van der Waals surface area (Å²) in [6.07, 6.45) is 2.76. The van der Waals surface area contributed by atoms with E-state index in [1.165, 1.54) is 28.5 Å². The Labute approximate surface area is 673 Å². The van der Waals surface area contributed by atoms with Crippen LogP contribution >= 0.6 is 34.4 Å². The van der Waals surface area contributed by atoms with Gasteiger partial charge in [0.15, 0.2) is 17.1 Å². The first-order chi connectivity index (χ1) is 54.3. The number of pyridine rings is 2. The Balaban J connectivity index is 0.626. The maximum Gasteiger partial charge on any atom is 0.407 e. The number of benzene rings is 2. The van der Waals surface area contributed by atoms with E-state index in [1.807, 2.05) is 13.8 Å². The number of hydrogen-bond acceptors (Lipinski definition) is 26. The van der Waals surface area contributed by atoms with Crippen molar-refractivity contribution in [2.24, 2.45) is 5.92 Å². The molecule has 4 aliphatic rings. The van der Waals surface area contributed by atoms with Crippen molar-refractivity contribution in [1.82, 2.24) is 41.0 Å². The number of alkyl halides is 1. The number of esters is 1. The second-order valence-corrected chi connectivity index (χ2v) is 32.0. The molecule has 8 amide bonds. The zero-order chi connectivity index (χ0) is 81.5. The molecular formula is C77H106IN9O25S. The van der Waals surface area contributed by atoms with Crippen LogP contribution in [0.5, 0.6) is 11.5 Å². The molecule has 113 heavy (non-hydrogen) atoms. The molecule has 4 aromatic rings. The highest BCUT2D eigenvalue weighted by Gasteiger charge is 2.46. The number of carbonyl (C=O) groups is 10. The lowest BCUT2D eigenvalue weighted by atomic mass is 9.86. The number of thioether (sulfide) groups is 1. The molecule has 0 bridgehead atoms. The molecule has 34 nitrogen and oxygen atoms in total. The van der Waals surface area contributed by atoms with Gasteiger partial charge in [0.25, 0.3) is 5.56 Å². The maximum atomic E-state index is 14.0. The van der Waals surface area contributed by atoms with Gasteiger partial charge in [-0.15, -0.1) is 11.8 Å². The molecule has 0 saturated carbocycles. The van der Waals surface area contributed by atoms with Crippen LogP contribution in [-0.4, -0.2) is 236 Å². The number of imide groups is 1. The zero-order valence-electron chi connectivity index (χ0n) is 64.9. The molecular weight excluding hydrogens is 1610 g/mol. The number of halogens is 1. The highest BCUT2D eigenvalue weighted by molar-refractivity contribution is 14.1. The first kappa shape index (κ1) is 90.4. The standard InChI is InChI=1S/C77H106IN9O25S/c1-7-10-19-76(78,8-2)113-63-42-66(90)86(73(63)97)21-17-64(88)79-20-23-102-25-27-104-29-31-106-33-35-108-37-36-107-34-32-105-30-28-103-26-24-101-22-18-65(89)83-59(38-48(4)5)71(95)81-49(6)69(93)85-57(15-16-67(91)92)70(94)82-51-13-11-50(12-14-51)45-110-75(99)80-43-53-52-39-61-62(112-47-111-61)41-58(52)84-68-54(53)44-87-60(68)40-56-55(72(87)96)46-109-74(98)77(56,100)9-3/h11-14,39-41,48-49,57,59,63,100H,7-10,15-38,42-47H2,1-6H3,(H,79,88)(H,80,99)(H,81,95)(H,82,94)(H,83,89)(H,85,93)(H,91,92)/t49-,57-,59+,63?,76?,77-/m0/s1. The number of carboxylic acids is 1. The van der Waals surface area contributed by atoms with Crippen molar-refractivity contribution >= 4 is 110 Å². The molecule has 6 atom stereocenters. The number of fused-ring (bicyclic) bond motifs is 6. The molecule has 0 radical (unpaired) electrons. The Morgan fingerprint density at radius 1 is 0.699 bits per heavy atom. The predicted octanol–water partition coefficient (Wildman–Crippen LogP) is 5.18. The van der Waals surface area contributed by atoms with E-state index in [0.29, 0.717) is 143 Å². The molecule has 8 N–H and O–H groups in total. The van der Waals surface area contributed by atoms with E-state index in [1.54, 1.807) is 49.0 Å². The topological polar surface area (TPSA) is 432 Å². The Morgan fingerprint density at radius 2 is 1.31 bits per heavy atom. The fourth-order valence-corrected chi connectivity index (χ4v) is 15.3. The van der Waals surface area contributed by atoms with Gasteiger partial charge in [-0.05, 0) is 80.3 Å². The minimum atomic E-state index is -2.04. The molecule has 2 unspecified atom stereocenters. The lowest BCUT2D eigenvalue weighted by Gasteiger charge is -2.31.